The molecule has 32 heavy (non-hydrogen) atoms. The quantitative estimate of drug-likeness (QED) is 0.378. The van der Waals surface area contributed by atoms with Crippen molar-refractivity contribution in [1.29, 1.82) is 0 Å². The first-order valence-electron chi connectivity index (χ1n) is 10.5. The molecule has 0 aromatic heterocycles. The first-order valence-corrected chi connectivity index (χ1v) is 12.6. The number of para-hydroxylation sites is 1. The zero-order valence-corrected chi connectivity index (χ0v) is 20.5. The Morgan fingerprint density at radius 3 is 2.59 bits per heavy atom. The smallest absolute Gasteiger partial charge is 0.269 e. The summed E-state index contributed by atoms with van der Waals surface area (Å²) in [5.74, 6) is 1.24. The fourth-order valence-electron chi connectivity index (χ4n) is 3.99. The summed E-state index contributed by atoms with van der Waals surface area (Å²) in [5.41, 5.74) is 4.38. The fraction of sp³-hybridized carbons (Fsp3) is 0.200. The Kier molecular flexibility index (Phi) is 5.65. The number of allylic oxidation sites excluding steroid dienone is 3. The number of hydrogen-bond acceptors (Lipinski definition) is 6. The summed E-state index contributed by atoms with van der Waals surface area (Å²) in [6.07, 6.45) is 4.18. The largest absolute Gasteiger partial charge is 0.455 e. The maximum atomic E-state index is 12.9. The summed E-state index contributed by atoms with van der Waals surface area (Å²) in [6.45, 7) is 7.56. The lowest BCUT2D eigenvalue weighted by atomic mass is 9.99. The zero-order valence-electron chi connectivity index (χ0n) is 18.0. The van der Waals surface area contributed by atoms with Gasteiger partial charge in [0.25, 0.3) is 5.91 Å². The number of ether oxygens (including phenoxy) is 1. The molecule has 2 aromatic carbocycles. The molecule has 0 atom stereocenters. The number of amides is 1. The lowest BCUT2D eigenvalue weighted by molar-refractivity contribution is -0.122. The highest BCUT2D eigenvalue weighted by Crippen LogP contribution is 2.48. The number of anilines is 1. The number of likely N-dealkylation sites (N-methyl/N-ethyl adjacent to an activating group) is 1. The maximum absolute atomic E-state index is 12.9. The van der Waals surface area contributed by atoms with Gasteiger partial charge in [0, 0.05) is 23.5 Å². The second kappa shape index (κ2) is 8.46. The van der Waals surface area contributed by atoms with E-state index >= 15 is 0 Å². The Morgan fingerprint density at radius 2 is 1.84 bits per heavy atom. The van der Waals surface area contributed by atoms with Gasteiger partial charge in [0.05, 0.1) is 10.7 Å². The number of aryl methyl sites for hydroxylation is 1. The number of thioether (sulfide) groups is 2. The molecule has 0 bridgehead atoms. The van der Waals surface area contributed by atoms with Crippen LogP contribution in [0.4, 0.5) is 5.69 Å². The third-order valence-corrected chi connectivity index (χ3v) is 8.13. The first kappa shape index (κ1) is 21.4. The zero-order chi connectivity index (χ0) is 22.4. The highest BCUT2D eigenvalue weighted by atomic mass is 32.2. The van der Waals surface area contributed by atoms with Crippen molar-refractivity contribution < 1.29 is 9.53 Å². The maximum Gasteiger partial charge on any atom is 0.269 e. The summed E-state index contributed by atoms with van der Waals surface area (Å²) >= 11 is 8.49. The Morgan fingerprint density at radius 1 is 1.06 bits per heavy atom. The number of benzene rings is 2. The van der Waals surface area contributed by atoms with Crippen LogP contribution in [0.5, 0.6) is 5.75 Å². The molecular weight excluding hydrogens is 456 g/mol. The van der Waals surface area contributed by atoms with Crippen LogP contribution in [-0.2, 0) is 4.79 Å². The average molecular weight is 479 g/mol. The molecular formula is C25H22N2O2S3. The van der Waals surface area contributed by atoms with Crippen molar-refractivity contribution in [2.24, 2.45) is 0 Å². The first-order chi connectivity index (χ1) is 15.5. The molecule has 162 valence electrons. The van der Waals surface area contributed by atoms with E-state index in [2.05, 4.69) is 54.3 Å². The van der Waals surface area contributed by atoms with Crippen LogP contribution < -0.4 is 9.64 Å². The van der Waals surface area contributed by atoms with Crippen LogP contribution in [-0.4, -0.2) is 28.2 Å². The second-order valence-corrected chi connectivity index (χ2v) is 10.3. The van der Waals surface area contributed by atoms with Crippen LogP contribution in [0.15, 0.2) is 75.2 Å². The Bertz CT molecular complexity index is 1250. The van der Waals surface area contributed by atoms with Gasteiger partial charge in [-0.2, -0.15) is 0 Å². The standard InChI is InChI=1S/C25H22N2O2S3/c1-4-26-18-8-6-7-9-21(18)31-22(26)14-16-13-20(23-24(28)27(5-2)25(30)32-23)29-19-12-15(3)10-11-17(16)19/h6-14H,4-5H2,1-3H3/b22-14-,23-20+. The molecule has 0 aliphatic carbocycles. The number of hydrogen-bond donors (Lipinski definition) is 0. The van der Waals surface area contributed by atoms with Crippen molar-refractivity contribution >= 4 is 57.2 Å². The van der Waals surface area contributed by atoms with Gasteiger partial charge in [-0.1, -0.05) is 60.0 Å². The molecule has 0 spiro atoms. The van der Waals surface area contributed by atoms with E-state index in [-0.39, 0.29) is 5.91 Å². The van der Waals surface area contributed by atoms with Crippen molar-refractivity contribution in [3.8, 4) is 5.75 Å². The van der Waals surface area contributed by atoms with Crippen LogP contribution in [0.1, 0.15) is 25.0 Å². The number of carbonyl (C=O) groups is 1. The van der Waals surface area contributed by atoms with Crippen molar-refractivity contribution in [3.05, 3.63) is 81.4 Å². The van der Waals surface area contributed by atoms with Crippen LogP contribution in [0.2, 0.25) is 0 Å². The van der Waals surface area contributed by atoms with Crippen LogP contribution >= 0.6 is 35.7 Å². The van der Waals surface area contributed by atoms with Gasteiger partial charge in [-0.25, -0.2) is 0 Å². The van der Waals surface area contributed by atoms with Crippen molar-refractivity contribution in [2.45, 2.75) is 25.7 Å². The van der Waals surface area contributed by atoms with E-state index in [4.69, 9.17) is 17.0 Å². The average Bonchev–Trinajstić information content (AvgIpc) is 3.28. The van der Waals surface area contributed by atoms with E-state index in [9.17, 15) is 4.79 Å². The number of rotatable bonds is 3. The SMILES string of the molecule is CCN1C(=O)/C(=C2C=C(/C=C3\Sc4ccccc4N3CC)c3ccc(C)cc3O/2)SC1=S. The van der Waals surface area contributed by atoms with Gasteiger partial charge >= 0.3 is 0 Å². The minimum atomic E-state index is -0.0883. The minimum Gasteiger partial charge on any atom is -0.455 e. The van der Waals surface area contributed by atoms with Crippen LogP contribution in [0.3, 0.4) is 0 Å². The van der Waals surface area contributed by atoms with Gasteiger partial charge in [0.2, 0.25) is 0 Å². The molecule has 1 fully saturated rings. The second-order valence-electron chi connectivity index (χ2n) is 7.61. The van der Waals surface area contributed by atoms with E-state index in [0.29, 0.717) is 21.5 Å². The number of carbonyl (C=O) groups excluding carboxylic acids is 1. The summed E-state index contributed by atoms with van der Waals surface area (Å²) in [7, 11) is 0. The predicted molar refractivity (Wildman–Crippen MR) is 138 cm³/mol. The minimum absolute atomic E-state index is 0.0883. The van der Waals surface area contributed by atoms with Gasteiger partial charge < -0.3 is 9.64 Å². The Balaban J connectivity index is 1.63. The molecule has 5 rings (SSSR count). The molecule has 0 saturated carbocycles. The Labute approximate surface area is 202 Å². The molecule has 2 aromatic rings. The van der Waals surface area contributed by atoms with E-state index in [0.717, 1.165) is 34.0 Å². The van der Waals surface area contributed by atoms with Crippen molar-refractivity contribution in [1.82, 2.24) is 4.90 Å². The summed E-state index contributed by atoms with van der Waals surface area (Å²) in [6, 6.07) is 14.7. The molecule has 3 aliphatic heterocycles. The van der Waals surface area contributed by atoms with E-state index in [1.807, 2.05) is 26.0 Å². The normalized spacial score (nSPS) is 21.1. The highest BCUT2D eigenvalue weighted by Gasteiger charge is 2.35. The Hall–Kier alpha value is -2.48. The molecule has 3 aliphatic rings. The third kappa shape index (κ3) is 3.58. The lowest BCUT2D eigenvalue weighted by Gasteiger charge is -2.22. The van der Waals surface area contributed by atoms with Crippen LogP contribution in [0.25, 0.3) is 5.57 Å². The summed E-state index contributed by atoms with van der Waals surface area (Å²) < 4.78 is 6.82. The van der Waals surface area contributed by atoms with Crippen molar-refractivity contribution in [3.63, 3.8) is 0 Å². The molecule has 1 saturated heterocycles. The van der Waals surface area contributed by atoms with Gasteiger partial charge in [-0.15, -0.1) is 0 Å². The van der Waals surface area contributed by atoms with Crippen LogP contribution in [0, 0.1) is 6.92 Å². The molecule has 1 amide bonds. The monoisotopic (exact) mass is 478 g/mol. The fourth-order valence-corrected chi connectivity index (χ4v) is 6.53. The van der Waals surface area contributed by atoms with Gasteiger partial charge in [0.1, 0.15) is 20.7 Å². The van der Waals surface area contributed by atoms with Crippen molar-refractivity contribution in [2.75, 3.05) is 18.0 Å². The van der Waals surface area contributed by atoms with Gasteiger partial charge in [-0.05, 0) is 62.3 Å². The molecule has 0 radical (unpaired) electrons. The summed E-state index contributed by atoms with van der Waals surface area (Å²) in [4.78, 5) is 18.7. The molecule has 3 heterocycles. The highest BCUT2D eigenvalue weighted by molar-refractivity contribution is 8.26. The van der Waals surface area contributed by atoms with E-state index in [1.54, 1.807) is 16.7 Å². The predicted octanol–water partition coefficient (Wildman–Crippen LogP) is 6.34. The third-order valence-electron chi connectivity index (χ3n) is 5.58. The van der Waals surface area contributed by atoms with Gasteiger partial charge in [-0.3, -0.25) is 9.69 Å². The molecule has 7 heteroatoms. The number of nitrogens with zero attached hydrogens (tertiary/aromatic N) is 2. The lowest BCUT2D eigenvalue weighted by Crippen LogP contribution is -2.27. The molecule has 0 unspecified atom stereocenters. The van der Waals surface area contributed by atoms with E-state index in [1.165, 1.54) is 22.3 Å². The molecule has 4 nitrogen and oxygen atoms in total. The van der Waals surface area contributed by atoms with Gasteiger partial charge in [0.15, 0.2) is 0 Å². The molecule has 0 N–H and O–H groups in total. The summed E-state index contributed by atoms with van der Waals surface area (Å²) in [5, 5.41) is 1.16. The number of thiocarbonyl (C=S) groups is 1. The topological polar surface area (TPSA) is 32.8 Å². The van der Waals surface area contributed by atoms with E-state index < -0.39 is 0 Å². The number of fused-ring (bicyclic) bond motifs is 2.